The number of benzene rings is 2. The van der Waals surface area contributed by atoms with E-state index in [1.165, 1.54) is 12.1 Å². The Balaban J connectivity index is 2.23. The van der Waals surface area contributed by atoms with Crippen molar-refractivity contribution in [3.05, 3.63) is 52.5 Å². The van der Waals surface area contributed by atoms with Gasteiger partial charge in [0.15, 0.2) is 0 Å². The molecule has 0 saturated heterocycles. The molecule has 23 heavy (non-hydrogen) atoms. The maximum absolute atomic E-state index is 12.2. The lowest BCUT2D eigenvalue weighted by molar-refractivity contribution is -0.274. The second-order valence-electron chi connectivity index (χ2n) is 4.49. The van der Waals surface area contributed by atoms with Crippen LogP contribution < -0.4 is 8.92 Å². The lowest BCUT2D eigenvalue weighted by atomic mass is 10.2. The molecule has 2 rings (SSSR count). The quantitative estimate of drug-likeness (QED) is 0.699. The summed E-state index contributed by atoms with van der Waals surface area (Å²) in [5, 5.41) is 0. The van der Waals surface area contributed by atoms with Crippen molar-refractivity contribution in [3.8, 4) is 11.5 Å². The lowest BCUT2D eigenvalue weighted by Crippen LogP contribution is -2.17. The summed E-state index contributed by atoms with van der Waals surface area (Å²) in [6.45, 7) is 1.80. The molecule has 0 aliphatic rings. The highest BCUT2D eigenvalue weighted by atomic mass is 79.9. The molecule has 0 aliphatic heterocycles. The fraction of sp³-hybridized carbons (Fsp3) is 0.143. The largest absolute Gasteiger partial charge is 0.573 e. The van der Waals surface area contributed by atoms with E-state index in [1.807, 2.05) is 0 Å². The van der Waals surface area contributed by atoms with Crippen molar-refractivity contribution in [2.75, 3.05) is 0 Å². The van der Waals surface area contributed by atoms with Gasteiger partial charge in [-0.3, -0.25) is 0 Å². The minimum Gasteiger partial charge on any atom is -0.405 e. The van der Waals surface area contributed by atoms with E-state index in [9.17, 15) is 21.6 Å². The number of hydrogen-bond acceptors (Lipinski definition) is 4. The van der Waals surface area contributed by atoms with E-state index in [0.717, 1.165) is 23.8 Å². The molecule has 0 aliphatic carbocycles. The number of ether oxygens (including phenoxy) is 1. The Hall–Kier alpha value is -1.74. The predicted molar refractivity (Wildman–Crippen MR) is 79.8 cm³/mol. The summed E-state index contributed by atoms with van der Waals surface area (Å²) in [6.07, 6.45) is -4.85. The van der Waals surface area contributed by atoms with Gasteiger partial charge in [-0.25, -0.2) is 0 Å². The molecule has 0 spiro atoms. The Bertz CT molecular complexity index is 802. The number of alkyl halides is 3. The van der Waals surface area contributed by atoms with E-state index < -0.39 is 22.2 Å². The van der Waals surface area contributed by atoms with Crippen molar-refractivity contribution in [2.45, 2.75) is 18.2 Å². The summed E-state index contributed by atoms with van der Waals surface area (Å²) < 4.78 is 69.3. The maximum atomic E-state index is 12.2. The Morgan fingerprint density at radius 1 is 1.04 bits per heavy atom. The Morgan fingerprint density at radius 3 is 2.17 bits per heavy atom. The first-order valence-electron chi connectivity index (χ1n) is 6.13. The molecular weight excluding hydrogens is 401 g/mol. The van der Waals surface area contributed by atoms with Crippen LogP contribution in [0.15, 0.2) is 51.8 Å². The zero-order chi connectivity index (χ0) is 17.3. The van der Waals surface area contributed by atoms with E-state index in [4.69, 9.17) is 4.18 Å². The fourth-order valence-corrected chi connectivity index (χ4v) is 2.98. The van der Waals surface area contributed by atoms with E-state index in [0.29, 0.717) is 0 Å². The highest BCUT2D eigenvalue weighted by molar-refractivity contribution is 9.10. The molecule has 0 heterocycles. The molecule has 9 heteroatoms. The number of hydrogen-bond donors (Lipinski definition) is 0. The van der Waals surface area contributed by atoms with Gasteiger partial charge in [-0.15, -0.1) is 13.2 Å². The summed E-state index contributed by atoms with van der Waals surface area (Å²) in [5.74, 6) is -0.649. The molecule has 0 N–H and O–H groups in total. The van der Waals surface area contributed by atoms with Crippen LogP contribution in [0, 0.1) is 6.92 Å². The van der Waals surface area contributed by atoms with Gasteiger partial charge in [0.25, 0.3) is 0 Å². The van der Waals surface area contributed by atoms with Crippen LogP contribution in [-0.4, -0.2) is 14.8 Å². The first-order chi connectivity index (χ1) is 10.6. The summed E-state index contributed by atoms with van der Waals surface area (Å²) >= 11 is 2.87. The average molecular weight is 411 g/mol. The molecular formula is C14H10BrF3O4S. The third-order valence-corrected chi connectivity index (χ3v) is 4.53. The topological polar surface area (TPSA) is 52.6 Å². The van der Waals surface area contributed by atoms with Gasteiger partial charge < -0.3 is 8.92 Å². The van der Waals surface area contributed by atoms with Crippen LogP contribution in [-0.2, 0) is 10.1 Å². The number of halogens is 4. The predicted octanol–water partition coefficient (Wildman–Crippen LogP) is 4.42. The lowest BCUT2D eigenvalue weighted by Gasteiger charge is -2.12. The highest BCUT2D eigenvalue weighted by Crippen LogP contribution is 2.34. The van der Waals surface area contributed by atoms with Crippen LogP contribution >= 0.6 is 15.9 Å². The summed E-state index contributed by atoms with van der Waals surface area (Å²) in [4.78, 5) is -0.0603. The van der Waals surface area contributed by atoms with Crippen LogP contribution in [0.4, 0.5) is 13.2 Å². The van der Waals surface area contributed by atoms with E-state index in [2.05, 4.69) is 20.7 Å². The summed E-state index contributed by atoms with van der Waals surface area (Å²) in [5.41, 5.74) is 0.875. The third-order valence-electron chi connectivity index (χ3n) is 2.64. The molecule has 0 radical (unpaired) electrons. The van der Waals surface area contributed by atoms with Gasteiger partial charge in [-0.2, -0.15) is 8.42 Å². The Morgan fingerprint density at radius 2 is 1.65 bits per heavy atom. The molecule has 0 fully saturated rings. The number of aryl methyl sites for hydroxylation is 1. The first-order valence-corrected chi connectivity index (χ1v) is 8.33. The minimum absolute atomic E-state index is 0.0603. The molecule has 0 atom stereocenters. The van der Waals surface area contributed by atoms with Gasteiger partial charge in [0.2, 0.25) is 0 Å². The molecule has 4 nitrogen and oxygen atoms in total. The Labute approximate surface area is 139 Å². The number of rotatable bonds is 4. The monoisotopic (exact) mass is 410 g/mol. The second kappa shape index (κ2) is 6.40. The van der Waals surface area contributed by atoms with Crippen molar-refractivity contribution < 1.29 is 30.5 Å². The van der Waals surface area contributed by atoms with E-state index in [1.54, 1.807) is 19.1 Å². The van der Waals surface area contributed by atoms with Crippen molar-refractivity contribution in [1.29, 1.82) is 0 Å². The van der Waals surface area contributed by atoms with Gasteiger partial charge in [0.1, 0.15) is 16.4 Å². The van der Waals surface area contributed by atoms with Crippen LogP contribution in [0.5, 0.6) is 11.5 Å². The fourth-order valence-electron chi connectivity index (χ4n) is 1.62. The van der Waals surface area contributed by atoms with Gasteiger partial charge in [0, 0.05) is 0 Å². The molecule has 0 unspecified atom stereocenters. The van der Waals surface area contributed by atoms with Crippen molar-refractivity contribution in [3.63, 3.8) is 0 Å². The second-order valence-corrected chi connectivity index (χ2v) is 6.89. The molecule has 0 bridgehead atoms. The molecule has 2 aromatic rings. The molecule has 124 valence electrons. The third kappa shape index (κ3) is 4.87. The molecule has 0 saturated carbocycles. The van der Waals surface area contributed by atoms with Gasteiger partial charge in [-0.1, -0.05) is 17.7 Å². The van der Waals surface area contributed by atoms with Gasteiger partial charge in [0.05, 0.1) is 4.47 Å². The van der Waals surface area contributed by atoms with Gasteiger partial charge >= 0.3 is 16.5 Å². The van der Waals surface area contributed by atoms with E-state index in [-0.39, 0.29) is 15.1 Å². The van der Waals surface area contributed by atoms with Crippen molar-refractivity contribution in [2.24, 2.45) is 0 Å². The van der Waals surface area contributed by atoms with Crippen molar-refractivity contribution >= 4 is 26.0 Å². The normalized spacial score (nSPS) is 12.0. The van der Waals surface area contributed by atoms with Crippen LogP contribution in [0.3, 0.4) is 0 Å². The van der Waals surface area contributed by atoms with Crippen LogP contribution in [0.25, 0.3) is 0 Å². The zero-order valence-corrected chi connectivity index (χ0v) is 14.0. The zero-order valence-electron chi connectivity index (χ0n) is 11.6. The molecule has 0 aromatic heterocycles. The summed E-state index contributed by atoms with van der Waals surface area (Å²) in [6, 6.07) is 9.06. The summed E-state index contributed by atoms with van der Waals surface area (Å²) in [7, 11) is -4.08. The van der Waals surface area contributed by atoms with Gasteiger partial charge in [-0.05, 0) is 53.2 Å². The van der Waals surface area contributed by atoms with Crippen LogP contribution in [0.1, 0.15) is 5.56 Å². The standard InChI is InChI=1S/C14H10BrF3O4S/c1-9-2-5-11(6-3-9)23(19,20)22-10-4-7-13(12(15)8-10)21-14(16,17)18/h2-8H,1H3. The Kier molecular flexibility index (Phi) is 4.90. The smallest absolute Gasteiger partial charge is 0.405 e. The molecule has 2 aromatic carbocycles. The SMILES string of the molecule is Cc1ccc(S(=O)(=O)Oc2ccc(OC(F)(F)F)c(Br)c2)cc1. The van der Waals surface area contributed by atoms with Crippen molar-refractivity contribution in [1.82, 2.24) is 0 Å². The highest BCUT2D eigenvalue weighted by Gasteiger charge is 2.32. The average Bonchev–Trinajstić information content (AvgIpc) is 2.41. The van der Waals surface area contributed by atoms with E-state index >= 15 is 0 Å². The first kappa shape index (κ1) is 17.6. The minimum atomic E-state index is -4.85. The molecule has 0 amide bonds. The maximum Gasteiger partial charge on any atom is 0.573 e. The van der Waals surface area contributed by atoms with Crippen LogP contribution in [0.2, 0.25) is 0 Å².